The van der Waals surface area contributed by atoms with E-state index < -0.39 is 12.7 Å². The van der Waals surface area contributed by atoms with Gasteiger partial charge in [0.05, 0.1) is 12.3 Å². The molecule has 0 radical (unpaired) electrons. The summed E-state index contributed by atoms with van der Waals surface area (Å²) in [5.41, 5.74) is 5.47. The van der Waals surface area contributed by atoms with Gasteiger partial charge in [-0.2, -0.15) is 0 Å². The summed E-state index contributed by atoms with van der Waals surface area (Å²) in [6, 6.07) is 9.25. The van der Waals surface area contributed by atoms with E-state index in [4.69, 9.17) is 8.22 Å². The number of benzene rings is 2. The van der Waals surface area contributed by atoms with E-state index in [1.165, 1.54) is 6.92 Å². The molecule has 1 atom stereocenters. The van der Waals surface area contributed by atoms with Crippen molar-refractivity contribution in [3.05, 3.63) is 64.8 Å². The van der Waals surface area contributed by atoms with Crippen LogP contribution in [-0.2, 0) is 7.05 Å². The molecule has 1 unspecified atom stereocenters. The Balaban J connectivity index is 2.43. The number of aromatic nitrogens is 1. The fourth-order valence-electron chi connectivity index (χ4n) is 3.08. The third-order valence-electron chi connectivity index (χ3n) is 4.47. The van der Waals surface area contributed by atoms with Gasteiger partial charge in [-0.05, 0) is 60.9 Å². The van der Waals surface area contributed by atoms with E-state index in [9.17, 15) is 0 Å². The van der Waals surface area contributed by atoms with Crippen LogP contribution in [0.25, 0.3) is 22.0 Å². The normalized spacial score (nSPS) is 18.3. The Morgan fingerprint density at radius 2 is 1.96 bits per heavy atom. The Morgan fingerprint density at radius 3 is 2.70 bits per heavy atom. The van der Waals surface area contributed by atoms with Gasteiger partial charge < -0.3 is 0 Å². The zero-order valence-corrected chi connectivity index (χ0v) is 14.3. The molecular weight excluding hydrogens is 278 g/mol. The highest BCUT2D eigenvalue weighted by molar-refractivity contribution is 5.94. The second-order valence-corrected chi connectivity index (χ2v) is 6.28. The summed E-state index contributed by atoms with van der Waals surface area (Å²) in [6.45, 7) is 4.98. The second-order valence-electron chi connectivity index (χ2n) is 6.28. The molecule has 2 aromatic carbocycles. The summed E-state index contributed by atoms with van der Waals surface area (Å²) in [6.07, 6.45) is 0.0452. The number of hydrogen-bond donors (Lipinski definition) is 0. The Kier molecular flexibility index (Phi) is 2.49. The number of rotatable bonds is 2. The first kappa shape index (κ1) is 9.87. The van der Waals surface area contributed by atoms with Gasteiger partial charge in [0.1, 0.15) is 8.42 Å². The summed E-state index contributed by atoms with van der Waals surface area (Å²) in [5, 5.41) is 1.26. The second kappa shape index (κ2) is 5.81. The third kappa shape index (κ3) is 2.76. The van der Waals surface area contributed by atoms with Crippen LogP contribution < -0.4 is 4.57 Å². The maximum Gasteiger partial charge on any atom is 0.220 e. The molecule has 0 aliphatic heterocycles. The van der Waals surface area contributed by atoms with E-state index in [1.807, 2.05) is 13.8 Å². The van der Waals surface area contributed by atoms with E-state index in [2.05, 4.69) is 19.1 Å². The lowest BCUT2D eigenvalue weighted by atomic mass is 9.93. The minimum Gasteiger partial charge on any atom is -0.200 e. The molecule has 1 heterocycles. The van der Waals surface area contributed by atoms with Crippen LogP contribution in [0.5, 0.6) is 0 Å². The van der Waals surface area contributed by atoms with Gasteiger partial charge >= 0.3 is 0 Å². The molecule has 1 aromatic heterocycles. The molecule has 1 nitrogen and oxygen atoms in total. The first-order valence-corrected chi connectivity index (χ1v) is 7.79. The van der Waals surface area contributed by atoms with Crippen molar-refractivity contribution >= 4 is 10.8 Å². The van der Waals surface area contributed by atoms with Crippen molar-refractivity contribution in [1.29, 1.82) is 0 Å². The van der Waals surface area contributed by atoms with Crippen LogP contribution in [0.15, 0.2) is 42.5 Å². The van der Waals surface area contributed by atoms with Crippen molar-refractivity contribution in [1.82, 2.24) is 0 Å². The van der Waals surface area contributed by atoms with Crippen LogP contribution in [0.3, 0.4) is 0 Å². The minimum absolute atomic E-state index is 0.0245. The molecule has 118 valence electrons. The summed E-state index contributed by atoms with van der Waals surface area (Å²) < 4.78 is 50.2. The number of hydrogen-bond acceptors (Lipinski definition) is 0. The average Bonchev–Trinajstić information content (AvgIpc) is 2.62. The smallest absolute Gasteiger partial charge is 0.200 e. The molecule has 3 aromatic rings. The maximum atomic E-state index is 8.47. The number of aryl methyl sites for hydroxylation is 2. The quantitative estimate of drug-likeness (QED) is 0.559. The van der Waals surface area contributed by atoms with Crippen LogP contribution in [0.4, 0.5) is 0 Å². The van der Waals surface area contributed by atoms with Gasteiger partial charge in [0.25, 0.3) is 0 Å². The molecule has 0 fully saturated rings. The standard InChI is InChI=1S/C22H26N/c1-14(2)18-7-8-20-19(13-18)9-10-23(6)22(20)21-12-15(3)11-16(4)17(21)5/h7-14H,1-6H3/q+1/i1D3,9D,10D,14D. The largest absolute Gasteiger partial charge is 0.220 e. The van der Waals surface area contributed by atoms with Gasteiger partial charge in [0.2, 0.25) is 5.69 Å². The van der Waals surface area contributed by atoms with E-state index >= 15 is 0 Å². The number of pyridine rings is 1. The van der Waals surface area contributed by atoms with E-state index in [0.29, 0.717) is 10.9 Å². The molecule has 0 amide bonds. The maximum absolute atomic E-state index is 8.47. The zero-order chi connectivity index (χ0) is 21.9. The van der Waals surface area contributed by atoms with Crippen molar-refractivity contribution in [2.24, 2.45) is 7.05 Å². The van der Waals surface area contributed by atoms with Gasteiger partial charge in [-0.25, -0.2) is 4.57 Å². The number of fused-ring (bicyclic) bond motifs is 1. The SMILES string of the molecule is [2H]c1c([2H])[n+](C)c(-c2cc(C)cc(C)c2C)c2ccc(C([2H])(C)C([2H])([2H])[2H])cc12. The number of nitrogens with zero attached hydrogens (tertiary/aromatic N) is 1. The summed E-state index contributed by atoms with van der Waals surface area (Å²) >= 11 is 0. The van der Waals surface area contributed by atoms with E-state index in [1.54, 1.807) is 29.8 Å². The van der Waals surface area contributed by atoms with Crippen molar-refractivity contribution in [2.45, 2.75) is 40.4 Å². The molecule has 0 aliphatic carbocycles. The van der Waals surface area contributed by atoms with Crippen molar-refractivity contribution in [2.75, 3.05) is 0 Å². The highest BCUT2D eigenvalue weighted by atomic mass is 14.9. The Hall–Kier alpha value is -2.15. The highest BCUT2D eigenvalue weighted by Crippen LogP contribution is 2.31. The van der Waals surface area contributed by atoms with Crippen molar-refractivity contribution in [3.63, 3.8) is 0 Å². The molecule has 0 aliphatic rings. The molecular formula is C22H26N+. The lowest BCUT2D eigenvalue weighted by Crippen LogP contribution is -2.30. The monoisotopic (exact) mass is 310 g/mol. The van der Waals surface area contributed by atoms with Crippen molar-refractivity contribution < 1.29 is 12.8 Å². The van der Waals surface area contributed by atoms with Crippen LogP contribution in [0, 0.1) is 20.8 Å². The third-order valence-corrected chi connectivity index (χ3v) is 4.47. The lowest BCUT2D eigenvalue weighted by molar-refractivity contribution is -0.659. The molecule has 0 bridgehead atoms. The molecule has 0 spiro atoms. The summed E-state index contributed by atoms with van der Waals surface area (Å²) in [5.74, 6) is -1.80. The predicted molar refractivity (Wildman–Crippen MR) is 98.9 cm³/mol. The van der Waals surface area contributed by atoms with Crippen LogP contribution in [0.2, 0.25) is 0 Å². The Bertz CT molecular complexity index is 1130. The Morgan fingerprint density at radius 1 is 1.17 bits per heavy atom. The Labute approximate surface area is 148 Å². The van der Waals surface area contributed by atoms with E-state index in [0.717, 1.165) is 33.3 Å². The molecule has 0 saturated carbocycles. The summed E-state index contributed by atoms with van der Waals surface area (Å²) in [7, 11) is 1.78. The van der Waals surface area contributed by atoms with Gasteiger partial charge in [-0.15, -0.1) is 0 Å². The predicted octanol–water partition coefficient (Wildman–Crippen LogP) is 5.38. The van der Waals surface area contributed by atoms with Gasteiger partial charge in [-0.3, -0.25) is 0 Å². The first-order valence-electron chi connectivity index (χ1n) is 10.8. The van der Waals surface area contributed by atoms with Gasteiger partial charge in [0, 0.05) is 11.5 Å². The zero-order valence-electron chi connectivity index (χ0n) is 20.3. The van der Waals surface area contributed by atoms with Gasteiger partial charge in [0.15, 0.2) is 6.17 Å². The van der Waals surface area contributed by atoms with Gasteiger partial charge in [-0.1, -0.05) is 37.5 Å². The average molecular weight is 310 g/mol. The summed E-state index contributed by atoms with van der Waals surface area (Å²) in [4.78, 5) is 0. The van der Waals surface area contributed by atoms with Crippen LogP contribution in [0.1, 0.15) is 50.1 Å². The first-order chi connectivity index (χ1) is 13.3. The minimum atomic E-state index is -2.50. The topological polar surface area (TPSA) is 3.88 Å². The van der Waals surface area contributed by atoms with Crippen LogP contribution >= 0.6 is 0 Å². The molecule has 0 saturated heterocycles. The fourth-order valence-corrected chi connectivity index (χ4v) is 3.08. The highest BCUT2D eigenvalue weighted by Gasteiger charge is 2.18. The fraction of sp³-hybridized carbons (Fsp3) is 0.318. The van der Waals surface area contributed by atoms with Crippen molar-refractivity contribution in [3.8, 4) is 11.3 Å². The molecule has 23 heavy (non-hydrogen) atoms. The molecule has 0 N–H and O–H groups in total. The van der Waals surface area contributed by atoms with E-state index in [-0.39, 0.29) is 12.2 Å². The molecule has 3 rings (SSSR count). The molecule has 1 heteroatoms. The van der Waals surface area contributed by atoms with Crippen LogP contribution in [-0.4, -0.2) is 0 Å². The lowest BCUT2D eigenvalue weighted by Gasteiger charge is -2.12.